The Labute approximate surface area is 178 Å². The number of nitrogens with one attached hydrogen (secondary N) is 1. The molecular formula is C23H32N2O5. The van der Waals surface area contributed by atoms with Crippen molar-refractivity contribution < 1.29 is 24.2 Å². The lowest BCUT2D eigenvalue weighted by Crippen LogP contribution is -2.42. The van der Waals surface area contributed by atoms with E-state index < -0.39 is 29.8 Å². The molecule has 3 atom stereocenters. The van der Waals surface area contributed by atoms with Gasteiger partial charge >= 0.3 is 5.97 Å². The molecule has 0 unspecified atom stereocenters. The van der Waals surface area contributed by atoms with E-state index >= 15 is 0 Å². The van der Waals surface area contributed by atoms with Crippen LogP contribution in [0.1, 0.15) is 50.3 Å². The first kappa shape index (κ1) is 24.9. The van der Waals surface area contributed by atoms with E-state index in [0.717, 1.165) is 16.7 Å². The van der Waals surface area contributed by atoms with Crippen LogP contribution in [0.2, 0.25) is 0 Å². The summed E-state index contributed by atoms with van der Waals surface area (Å²) in [5.74, 6) is -1.77. The number of nitrogens with zero attached hydrogens (tertiary/aromatic N) is 1. The van der Waals surface area contributed by atoms with Gasteiger partial charge in [-0.15, -0.1) is 0 Å². The van der Waals surface area contributed by atoms with Crippen LogP contribution in [0.4, 0.5) is 0 Å². The number of benzene rings is 1. The molecule has 0 aliphatic heterocycles. The van der Waals surface area contributed by atoms with E-state index in [1.807, 2.05) is 45.9 Å². The zero-order chi connectivity index (χ0) is 23.0. The molecule has 1 aromatic rings. The van der Waals surface area contributed by atoms with Crippen molar-refractivity contribution in [2.24, 2.45) is 4.99 Å². The average Bonchev–Trinajstić information content (AvgIpc) is 2.69. The van der Waals surface area contributed by atoms with Crippen molar-refractivity contribution in [3.05, 3.63) is 58.2 Å². The van der Waals surface area contributed by atoms with Gasteiger partial charge in [-0.05, 0) is 64.1 Å². The molecule has 2 N–H and O–H groups in total. The van der Waals surface area contributed by atoms with E-state index in [9.17, 15) is 14.7 Å². The number of aliphatic imine (C=N–C) groups is 1. The van der Waals surface area contributed by atoms with Gasteiger partial charge in [0.25, 0.3) is 5.91 Å². The SMILES string of the molecule is C=N/C(C(=O)N[C@@H](C)C(=O)O[C@H](C)[C@H](C)c1c(C)cccc1C)=C(O)\C(=C/C)OC. The Hall–Kier alpha value is -3.09. The summed E-state index contributed by atoms with van der Waals surface area (Å²) in [6.45, 7) is 14.3. The number of aliphatic hydroxyl groups excluding tert-OH is 1. The first-order valence-electron chi connectivity index (χ1n) is 9.77. The lowest BCUT2D eigenvalue weighted by molar-refractivity contribution is -0.152. The Morgan fingerprint density at radius 3 is 2.23 bits per heavy atom. The van der Waals surface area contributed by atoms with Crippen LogP contribution in [0.25, 0.3) is 0 Å². The minimum absolute atomic E-state index is 0.0219. The van der Waals surface area contributed by atoms with E-state index in [1.165, 1.54) is 20.1 Å². The molecule has 7 nitrogen and oxygen atoms in total. The van der Waals surface area contributed by atoms with E-state index in [2.05, 4.69) is 17.0 Å². The molecule has 0 radical (unpaired) electrons. The lowest BCUT2D eigenvalue weighted by atomic mass is 9.89. The molecule has 0 aliphatic carbocycles. The predicted molar refractivity (Wildman–Crippen MR) is 117 cm³/mol. The second-order valence-corrected chi connectivity index (χ2v) is 7.14. The van der Waals surface area contributed by atoms with Crippen LogP contribution in [0, 0.1) is 13.8 Å². The largest absolute Gasteiger partial charge is 0.503 e. The summed E-state index contributed by atoms with van der Waals surface area (Å²) in [5, 5.41) is 12.6. The van der Waals surface area contributed by atoms with Gasteiger partial charge in [-0.3, -0.25) is 9.79 Å². The van der Waals surface area contributed by atoms with Crippen LogP contribution in [0.3, 0.4) is 0 Å². The number of rotatable bonds is 9. The molecule has 0 aromatic heterocycles. The fraction of sp³-hybridized carbons (Fsp3) is 0.435. The van der Waals surface area contributed by atoms with Crippen molar-refractivity contribution in [1.29, 1.82) is 0 Å². The van der Waals surface area contributed by atoms with Crippen molar-refractivity contribution in [2.45, 2.75) is 59.6 Å². The molecule has 7 heteroatoms. The highest BCUT2D eigenvalue weighted by Gasteiger charge is 2.26. The maximum absolute atomic E-state index is 12.5. The molecule has 0 fully saturated rings. The molecule has 0 bridgehead atoms. The van der Waals surface area contributed by atoms with E-state index in [0.29, 0.717) is 0 Å². The first-order chi connectivity index (χ1) is 14.1. The Bertz CT molecular complexity index is 837. The second-order valence-electron chi connectivity index (χ2n) is 7.14. The number of methoxy groups -OCH3 is 1. The monoisotopic (exact) mass is 416 g/mol. The van der Waals surface area contributed by atoms with Crippen LogP contribution < -0.4 is 5.32 Å². The van der Waals surface area contributed by atoms with Gasteiger partial charge in [0.05, 0.1) is 7.11 Å². The number of aliphatic hydroxyl groups is 1. The molecular weight excluding hydrogens is 384 g/mol. The molecule has 0 heterocycles. The Kier molecular flexibility index (Phi) is 9.30. The lowest BCUT2D eigenvalue weighted by Gasteiger charge is -2.25. The Balaban J connectivity index is 2.88. The molecule has 1 rings (SSSR count). The topological polar surface area (TPSA) is 97.2 Å². The highest BCUT2D eigenvalue weighted by atomic mass is 16.5. The van der Waals surface area contributed by atoms with Crippen molar-refractivity contribution >= 4 is 18.6 Å². The molecule has 164 valence electrons. The number of amides is 1. The zero-order valence-electron chi connectivity index (χ0n) is 18.8. The van der Waals surface area contributed by atoms with Crippen LogP contribution in [0.5, 0.6) is 0 Å². The van der Waals surface area contributed by atoms with Crippen molar-refractivity contribution in [3.63, 3.8) is 0 Å². The maximum atomic E-state index is 12.5. The number of ether oxygens (including phenoxy) is 2. The fourth-order valence-electron chi connectivity index (χ4n) is 3.21. The van der Waals surface area contributed by atoms with Crippen LogP contribution in [0.15, 0.2) is 46.5 Å². The van der Waals surface area contributed by atoms with Gasteiger partial charge in [0.2, 0.25) is 0 Å². The van der Waals surface area contributed by atoms with E-state index in [4.69, 9.17) is 9.47 Å². The average molecular weight is 417 g/mol. The highest BCUT2D eigenvalue weighted by Crippen LogP contribution is 2.27. The zero-order valence-corrected chi connectivity index (χ0v) is 18.8. The standard InChI is InChI=1S/C23H32N2O5/c1-9-18(29-8)21(26)20(24-7)22(27)25-16(5)23(28)30-17(6)15(4)19-13(2)11-10-12-14(19)3/h9-12,15-17,26H,7H2,1-6,8H3,(H,25,27)/b18-9+,21-20+/t15-,16-,17+/m0/s1. The molecule has 1 aromatic carbocycles. The van der Waals surface area contributed by atoms with Gasteiger partial charge in [-0.2, -0.15) is 0 Å². The maximum Gasteiger partial charge on any atom is 0.328 e. The predicted octanol–water partition coefficient (Wildman–Crippen LogP) is 3.86. The van der Waals surface area contributed by atoms with Gasteiger partial charge in [0.15, 0.2) is 17.2 Å². The second kappa shape index (κ2) is 11.2. The molecule has 0 saturated heterocycles. The van der Waals surface area contributed by atoms with Gasteiger partial charge in [0.1, 0.15) is 12.1 Å². The smallest absolute Gasteiger partial charge is 0.328 e. The molecule has 1 amide bonds. The molecule has 0 aliphatic rings. The van der Waals surface area contributed by atoms with Gasteiger partial charge < -0.3 is 19.9 Å². The van der Waals surface area contributed by atoms with Gasteiger partial charge in [0, 0.05) is 5.92 Å². The number of esters is 1. The summed E-state index contributed by atoms with van der Waals surface area (Å²) < 4.78 is 10.6. The molecule has 30 heavy (non-hydrogen) atoms. The highest BCUT2D eigenvalue weighted by molar-refractivity contribution is 5.97. The Morgan fingerprint density at radius 2 is 1.77 bits per heavy atom. The van der Waals surface area contributed by atoms with Crippen molar-refractivity contribution in [1.82, 2.24) is 5.32 Å². The van der Waals surface area contributed by atoms with Gasteiger partial charge in [-0.1, -0.05) is 25.1 Å². The number of allylic oxidation sites excluding steroid dienone is 1. The fourth-order valence-corrected chi connectivity index (χ4v) is 3.21. The summed E-state index contributed by atoms with van der Waals surface area (Å²) >= 11 is 0. The van der Waals surface area contributed by atoms with E-state index in [-0.39, 0.29) is 17.4 Å². The number of hydrogen-bond donors (Lipinski definition) is 2. The third kappa shape index (κ3) is 5.95. The quantitative estimate of drug-likeness (QED) is 0.209. The van der Waals surface area contributed by atoms with Crippen molar-refractivity contribution in [3.8, 4) is 0 Å². The summed E-state index contributed by atoms with van der Waals surface area (Å²) in [7, 11) is 1.35. The van der Waals surface area contributed by atoms with Gasteiger partial charge in [-0.25, -0.2) is 4.79 Å². The third-order valence-corrected chi connectivity index (χ3v) is 5.02. The number of aryl methyl sites for hydroxylation is 2. The number of carbonyl (C=O) groups excluding carboxylic acids is 2. The third-order valence-electron chi connectivity index (χ3n) is 5.02. The summed E-state index contributed by atoms with van der Waals surface area (Å²) in [6, 6.07) is 5.09. The number of carbonyl (C=O) groups is 2. The number of hydrogen-bond acceptors (Lipinski definition) is 6. The summed E-state index contributed by atoms with van der Waals surface area (Å²) in [5.41, 5.74) is 3.06. The summed E-state index contributed by atoms with van der Waals surface area (Å²) in [4.78, 5) is 28.5. The first-order valence-corrected chi connectivity index (χ1v) is 9.77. The van der Waals surface area contributed by atoms with Crippen molar-refractivity contribution in [2.75, 3.05) is 7.11 Å². The molecule has 0 spiro atoms. The van der Waals surface area contributed by atoms with Crippen LogP contribution >= 0.6 is 0 Å². The minimum atomic E-state index is -0.953. The normalized spacial score (nSPS) is 15.4. The van der Waals surface area contributed by atoms with Crippen LogP contribution in [-0.4, -0.2) is 43.0 Å². The summed E-state index contributed by atoms with van der Waals surface area (Å²) in [6.07, 6.45) is 1.07. The van der Waals surface area contributed by atoms with E-state index in [1.54, 1.807) is 6.92 Å². The minimum Gasteiger partial charge on any atom is -0.503 e. The van der Waals surface area contributed by atoms with Crippen LogP contribution in [-0.2, 0) is 19.1 Å². The Morgan fingerprint density at radius 1 is 1.20 bits per heavy atom. The molecule has 0 saturated carbocycles.